The van der Waals surface area contributed by atoms with Crippen LogP contribution in [0.2, 0.25) is 0 Å². The van der Waals surface area contributed by atoms with Crippen molar-refractivity contribution in [3.8, 4) is 0 Å². The zero-order valence-electron chi connectivity index (χ0n) is 18.4. The van der Waals surface area contributed by atoms with E-state index in [9.17, 15) is 8.42 Å². The Hall–Kier alpha value is -1.64. The Balaban J connectivity index is 1.46. The van der Waals surface area contributed by atoms with E-state index in [2.05, 4.69) is 46.7 Å². The Labute approximate surface area is 182 Å². The molecule has 2 saturated heterocycles. The maximum Gasteiger partial charge on any atom is 0.211 e. The van der Waals surface area contributed by atoms with Crippen molar-refractivity contribution >= 4 is 16.0 Å². The molecule has 1 aromatic rings. The van der Waals surface area contributed by atoms with E-state index in [1.807, 2.05) is 0 Å². The minimum Gasteiger partial charge on any atom is -0.357 e. The molecule has 0 amide bonds. The van der Waals surface area contributed by atoms with Crippen molar-refractivity contribution in [2.75, 3.05) is 45.5 Å². The molecule has 0 aromatic heterocycles. The van der Waals surface area contributed by atoms with Crippen molar-refractivity contribution in [3.05, 3.63) is 35.4 Å². The van der Waals surface area contributed by atoms with Crippen LogP contribution in [0.15, 0.2) is 29.3 Å². The molecule has 0 unspecified atom stereocenters. The molecule has 2 N–H and O–H groups in total. The number of likely N-dealkylation sites (tertiary alicyclic amines) is 1. The van der Waals surface area contributed by atoms with E-state index in [-0.39, 0.29) is 0 Å². The average Bonchev–Trinajstić information content (AvgIpc) is 3.24. The summed E-state index contributed by atoms with van der Waals surface area (Å²) in [4.78, 5) is 7.25. The van der Waals surface area contributed by atoms with E-state index in [4.69, 9.17) is 4.99 Å². The Morgan fingerprint density at radius 2 is 1.67 bits per heavy atom. The molecule has 7 nitrogen and oxygen atoms in total. The fraction of sp³-hybridized carbons (Fsp3) is 0.682. The third-order valence-electron chi connectivity index (χ3n) is 5.99. The number of nitrogens with zero attached hydrogens (tertiary/aromatic N) is 3. The second-order valence-electron chi connectivity index (χ2n) is 8.48. The summed E-state index contributed by atoms with van der Waals surface area (Å²) in [6.07, 6.45) is 5.71. The van der Waals surface area contributed by atoms with Crippen LogP contribution in [-0.4, -0.2) is 69.1 Å². The van der Waals surface area contributed by atoms with Gasteiger partial charge in [0.15, 0.2) is 5.96 Å². The predicted molar refractivity (Wildman–Crippen MR) is 123 cm³/mol. The van der Waals surface area contributed by atoms with Crippen molar-refractivity contribution in [2.45, 2.75) is 45.7 Å². The topological polar surface area (TPSA) is 77.0 Å². The highest BCUT2D eigenvalue weighted by Gasteiger charge is 2.24. The number of rotatable bonds is 8. The van der Waals surface area contributed by atoms with Crippen molar-refractivity contribution in [3.63, 3.8) is 0 Å². The van der Waals surface area contributed by atoms with Gasteiger partial charge in [0.1, 0.15) is 0 Å². The Morgan fingerprint density at radius 1 is 1.03 bits per heavy atom. The Kier molecular flexibility index (Phi) is 8.53. The minimum atomic E-state index is -3.06. The normalized spacial score (nSPS) is 19.9. The lowest BCUT2D eigenvalue weighted by atomic mass is 9.98. The number of benzene rings is 1. The first-order valence-corrected chi connectivity index (χ1v) is 13.1. The molecule has 0 spiro atoms. The number of aliphatic imine (C=N–C) groups is 1. The minimum absolute atomic E-state index is 0.469. The SMILES string of the molecule is CCNC(=NCc1ccc(CN2CCCC2)cc1)NCC1CCN(S(C)(=O)=O)CC1. The molecular formula is C22H37N5O2S. The van der Waals surface area contributed by atoms with Crippen LogP contribution < -0.4 is 10.6 Å². The lowest BCUT2D eigenvalue weighted by Gasteiger charge is -2.30. The molecule has 168 valence electrons. The quantitative estimate of drug-likeness (QED) is 0.483. The molecule has 2 fully saturated rings. The van der Waals surface area contributed by atoms with Gasteiger partial charge in [-0.15, -0.1) is 0 Å². The van der Waals surface area contributed by atoms with E-state index in [0.717, 1.165) is 38.4 Å². The standard InChI is InChI=1S/C22H37N5O2S/c1-3-23-22(25-17-20-10-14-27(15-11-20)30(2,28)29)24-16-19-6-8-21(9-7-19)18-26-12-4-5-13-26/h6-9,20H,3-5,10-18H2,1-2H3,(H2,23,24,25). The van der Waals surface area contributed by atoms with E-state index in [1.54, 1.807) is 4.31 Å². The highest BCUT2D eigenvalue weighted by molar-refractivity contribution is 7.88. The van der Waals surface area contributed by atoms with Crippen LogP contribution in [0.5, 0.6) is 0 Å². The van der Waals surface area contributed by atoms with Gasteiger partial charge in [0.2, 0.25) is 10.0 Å². The summed E-state index contributed by atoms with van der Waals surface area (Å²) in [5, 5.41) is 6.75. The van der Waals surface area contributed by atoms with Crippen LogP contribution in [0, 0.1) is 5.92 Å². The van der Waals surface area contributed by atoms with Crippen molar-refractivity contribution in [1.82, 2.24) is 19.8 Å². The molecule has 0 aliphatic carbocycles. The molecular weight excluding hydrogens is 398 g/mol. The van der Waals surface area contributed by atoms with Gasteiger partial charge in [0.25, 0.3) is 0 Å². The van der Waals surface area contributed by atoms with Crippen molar-refractivity contribution < 1.29 is 8.42 Å². The van der Waals surface area contributed by atoms with E-state index >= 15 is 0 Å². The van der Waals surface area contributed by atoms with Crippen LogP contribution in [0.3, 0.4) is 0 Å². The molecule has 2 heterocycles. The summed E-state index contributed by atoms with van der Waals surface area (Å²) >= 11 is 0. The van der Waals surface area contributed by atoms with Crippen LogP contribution >= 0.6 is 0 Å². The van der Waals surface area contributed by atoms with E-state index < -0.39 is 10.0 Å². The number of guanidine groups is 1. The summed E-state index contributed by atoms with van der Waals surface area (Å²) in [6, 6.07) is 8.80. The van der Waals surface area contributed by atoms with Crippen LogP contribution in [-0.2, 0) is 23.1 Å². The van der Waals surface area contributed by atoms with E-state index in [0.29, 0.717) is 25.6 Å². The lowest BCUT2D eigenvalue weighted by molar-refractivity contribution is 0.275. The van der Waals surface area contributed by atoms with Crippen LogP contribution in [0.1, 0.15) is 43.7 Å². The summed E-state index contributed by atoms with van der Waals surface area (Å²) in [6.45, 7) is 9.05. The first-order valence-electron chi connectivity index (χ1n) is 11.2. The van der Waals surface area contributed by atoms with Gasteiger partial charge in [-0.3, -0.25) is 4.90 Å². The molecule has 1 aromatic carbocycles. The van der Waals surface area contributed by atoms with Crippen LogP contribution in [0.4, 0.5) is 0 Å². The second kappa shape index (κ2) is 11.1. The van der Waals surface area contributed by atoms with Gasteiger partial charge in [-0.1, -0.05) is 24.3 Å². The van der Waals surface area contributed by atoms with Gasteiger partial charge < -0.3 is 10.6 Å². The highest BCUT2D eigenvalue weighted by atomic mass is 32.2. The number of hydrogen-bond acceptors (Lipinski definition) is 4. The first kappa shape index (κ1) is 23.0. The maximum absolute atomic E-state index is 11.7. The van der Waals surface area contributed by atoms with Crippen LogP contribution in [0.25, 0.3) is 0 Å². The molecule has 2 aliphatic heterocycles. The number of nitrogens with one attached hydrogen (secondary N) is 2. The molecule has 2 aliphatic rings. The molecule has 0 atom stereocenters. The monoisotopic (exact) mass is 435 g/mol. The van der Waals surface area contributed by atoms with Gasteiger partial charge in [0, 0.05) is 32.7 Å². The first-order chi connectivity index (χ1) is 14.4. The smallest absolute Gasteiger partial charge is 0.211 e. The third-order valence-corrected chi connectivity index (χ3v) is 7.30. The maximum atomic E-state index is 11.7. The Bertz CT molecular complexity index is 780. The van der Waals surface area contributed by atoms with E-state index in [1.165, 1.54) is 43.3 Å². The fourth-order valence-electron chi connectivity index (χ4n) is 4.15. The Morgan fingerprint density at radius 3 is 2.27 bits per heavy atom. The molecule has 0 radical (unpaired) electrons. The zero-order valence-corrected chi connectivity index (χ0v) is 19.3. The number of sulfonamides is 1. The second-order valence-corrected chi connectivity index (χ2v) is 10.5. The van der Waals surface area contributed by atoms with Crippen molar-refractivity contribution in [1.29, 1.82) is 0 Å². The van der Waals surface area contributed by atoms with Gasteiger partial charge in [-0.25, -0.2) is 17.7 Å². The van der Waals surface area contributed by atoms with Crippen molar-refractivity contribution in [2.24, 2.45) is 10.9 Å². The largest absolute Gasteiger partial charge is 0.357 e. The predicted octanol–water partition coefficient (Wildman–Crippen LogP) is 2.01. The molecule has 0 bridgehead atoms. The number of hydrogen-bond donors (Lipinski definition) is 2. The number of piperidine rings is 1. The third kappa shape index (κ3) is 7.25. The lowest BCUT2D eigenvalue weighted by Crippen LogP contribution is -2.44. The highest BCUT2D eigenvalue weighted by Crippen LogP contribution is 2.18. The average molecular weight is 436 g/mol. The van der Waals surface area contributed by atoms with Gasteiger partial charge >= 0.3 is 0 Å². The summed E-state index contributed by atoms with van der Waals surface area (Å²) in [5.74, 6) is 1.29. The van der Waals surface area contributed by atoms with Gasteiger partial charge in [0.05, 0.1) is 12.8 Å². The fourth-order valence-corrected chi connectivity index (χ4v) is 5.02. The van der Waals surface area contributed by atoms with Gasteiger partial charge in [-0.2, -0.15) is 0 Å². The summed E-state index contributed by atoms with van der Waals surface area (Å²) in [5.41, 5.74) is 2.58. The zero-order chi connectivity index (χ0) is 21.4. The molecule has 3 rings (SSSR count). The van der Waals surface area contributed by atoms with Gasteiger partial charge in [-0.05, 0) is 62.7 Å². The molecule has 30 heavy (non-hydrogen) atoms. The molecule has 8 heteroatoms. The summed E-state index contributed by atoms with van der Waals surface area (Å²) in [7, 11) is -3.06. The molecule has 0 saturated carbocycles. The summed E-state index contributed by atoms with van der Waals surface area (Å²) < 4.78 is 24.9.